The van der Waals surface area contributed by atoms with E-state index in [0.29, 0.717) is 25.5 Å². The lowest BCUT2D eigenvalue weighted by Gasteiger charge is -2.19. The zero-order valence-electron chi connectivity index (χ0n) is 11.8. The molecule has 0 saturated carbocycles. The van der Waals surface area contributed by atoms with E-state index in [4.69, 9.17) is 21.1 Å². The summed E-state index contributed by atoms with van der Waals surface area (Å²) < 4.78 is 12.1. The van der Waals surface area contributed by atoms with Gasteiger partial charge in [-0.25, -0.2) is 9.48 Å². The van der Waals surface area contributed by atoms with Gasteiger partial charge in [0.25, 0.3) is 0 Å². The molecule has 1 aromatic heterocycles. The number of nitrogens with zero attached hydrogens (tertiary/aromatic N) is 3. The quantitative estimate of drug-likeness (QED) is 0.592. The normalized spacial score (nSPS) is 11.6. The lowest BCUT2D eigenvalue weighted by molar-refractivity contribution is -0.00828. The summed E-state index contributed by atoms with van der Waals surface area (Å²) in [6.45, 7) is 8.91. The first-order chi connectivity index (χ1) is 8.89. The first-order valence-corrected chi connectivity index (χ1v) is 6.72. The van der Waals surface area contributed by atoms with Crippen LogP contribution < -0.4 is 0 Å². The van der Waals surface area contributed by atoms with Crippen LogP contribution in [0.15, 0.2) is 0 Å². The van der Waals surface area contributed by atoms with Gasteiger partial charge < -0.3 is 9.47 Å². The van der Waals surface area contributed by atoms with Crippen LogP contribution in [0.3, 0.4) is 0 Å². The van der Waals surface area contributed by atoms with Crippen LogP contribution >= 0.6 is 11.6 Å². The Morgan fingerprint density at radius 2 is 2.11 bits per heavy atom. The summed E-state index contributed by atoms with van der Waals surface area (Å²) >= 11 is 5.84. The van der Waals surface area contributed by atoms with Crippen LogP contribution in [0.25, 0.3) is 0 Å². The van der Waals surface area contributed by atoms with Crippen molar-refractivity contribution in [1.82, 2.24) is 15.0 Å². The van der Waals surface area contributed by atoms with Crippen LogP contribution in [-0.2, 0) is 21.9 Å². The monoisotopic (exact) mass is 289 g/mol. The fourth-order valence-electron chi connectivity index (χ4n) is 1.44. The molecule has 0 N–H and O–H groups in total. The highest BCUT2D eigenvalue weighted by Gasteiger charge is 2.20. The average molecular weight is 290 g/mol. The van der Waals surface area contributed by atoms with Gasteiger partial charge in [0.15, 0.2) is 5.69 Å². The number of halogens is 1. The smallest absolute Gasteiger partial charge is 0.360 e. The first kappa shape index (κ1) is 15.9. The molecular weight excluding hydrogens is 270 g/mol. The van der Waals surface area contributed by atoms with Crippen LogP contribution in [0, 0.1) is 0 Å². The van der Waals surface area contributed by atoms with E-state index in [1.54, 1.807) is 11.6 Å². The minimum absolute atomic E-state index is 0.149. The Morgan fingerprint density at radius 1 is 1.42 bits per heavy atom. The van der Waals surface area contributed by atoms with Gasteiger partial charge in [0.2, 0.25) is 0 Å². The number of ether oxygens (including phenoxy) is 2. The number of hydrogen-bond donors (Lipinski definition) is 0. The summed E-state index contributed by atoms with van der Waals surface area (Å²) in [7, 11) is 0. The van der Waals surface area contributed by atoms with Crippen LogP contribution in [0.5, 0.6) is 0 Å². The first-order valence-electron chi connectivity index (χ1n) is 6.18. The number of esters is 1. The van der Waals surface area contributed by atoms with E-state index in [1.807, 2.05) is 20.8 Å². The molecule has 7 heteroatoms. The topological polar surface area (TPSA) is 66.2 Å². The standard InChI is InChI=1S/C12H20ClN3O3/c1-5-18-11(17)10-9(8-13)16(15-14-10)6-7-19-12(2,3)4/h5-8H2,1-4H3. The minimum atomic E-state index is -0.499. The summed E-state index contributed by atoms with van der Waals surface area (Å²) in [6.07, 6.45) is 0. The van der Waals surface area contributed by atoms with E-state index in [0.717, 1.165) is 0 Å². The van der Waals surface area contributed by atoms with E-state index < -0.39 is 5.97 Å². The molecule has 0 spiro atoms. The van der Waals surface area contributed by atoms with Crippen LogP contribution in [0.2, 0.25) is 0 Å². The third-order valence-electron chi connectivity index (χ3n) is 2.27. The van der Waals surface area contributed by atoms with E-state index >= 15 is 0 Å². The van der Waals surface area contributed by atoms with Gasteiger partial charge in [0.1, 0.15) is 0 Å². The molecule has 0 fully saturated rings. The summed E-state index contributed by atoms with van der Waals surface area (Å²) in [5, 5.41) is 7.73. The van der Waals surface area contributed by atoms with Gasteiger partial charge in [-0.2, -0.15) is 0 Å². The molecule has 0 atom stereocenters. The maximum atomic E-state index is 11.6. The molecule has 0 aliphatic rings. The Kier molecular flexibility index (Phi) is 5.75. The number of aromatic nitrogens is 3. The minimum Gasteiger partial charge on any atom is -0.461 e. The summed E-state index contributed by atoms with van der Waals surface area (Å²) in [4.78, 5) is 11.6. The second-order valence-corrected chi connectivity index (χ2v) is 5.19. The molecule has 1 rings (SSSR count). The summed E-state index contributed by atoms with van der Waals surface area (Å²) in [6, 6.07) is 0. The number of alkyl halides is 1. The van der Waals surface area contributed by atoms with E-state index in [9.17, 15) is 4.79 Å². The Morgan fingerprint density at radius 3 is 2.63 bits per heavy atom. The van der Waals surface area contributed by atoms with Crippen LogP contribution in [0.4, 0.5) is 0 Å². The van der Waals surface area contributed by atoms with E-state index in [1.165, 1.54) is 0 Å². The van der Waals surface area contributed by atoms with Crippen molar-refractivity contribution in [3.05, 3.63) is 11.4 Å². The Labute approximate surface area is 118 Å². The van der Waals surface area contributed by atoms with Crippen molar-refractivity contribution in [2.75, 3.05) is 13.2 Å². The zero-order chi connectivity index (χ0) is 14.5. The van der Waals surface area contributed by atoms with E-state index in [-0.39, 0.29) is 17.2 Å². The van der Waals surface area contributed by atoms with Crippen molar-refractivity contribution >= 4 is 17.6 Å². The molecule has 0 aliphatic carbocycles. The van der Waals surface area contributed by atoms with E-state index in [2.05, 4.69) is 10.3 Å². The largest absolute Gasteiger partial charge is 0.461 e. The summed E-state index contributed by atoms with van der Waals surface area (Å²) in [5.41, 5.74) is 0.510. The molecule has 0 aliphatic heterocycles. The van der Waals surface area contributed by atoms with Gasteiger partial charge in [-0.05, 0) is 27.7 Å². The van der Waals surface area contributed by atoms with Gasteiger partial charge >= 0.3 is 5.97 Å². The van der Waals surface area contributed by atoms with Crippen LogP contribution in [0.1, 0.15) is 43.9 Å². The zero-order valence-corrected chi connectivity index (χ0v) is 12.5. The van der Waals surface area contributed by atoms with Crippen molar-refractivity contribution in [2.45, 2.75) is 45.7 Å². The maximum Gasteiger partial charge on any atom is 0.360 e. The van der Waals surface area contributed by atoms with Gasteiger partial charge in [0.05, 0.1) is 36.9 Å². The Balaban J connectivity index is 2.72. The molecule has 1 aromatic rings. The maximum absolute atomic E-state index is 11.6. The lowest BCUT2D eigenvalue weighted by Crippen LogP contribution is -2.22. The molecule has 1 heterocycles. The second-order valence-electron chi connectivity index (χ2n) is 4.92. The highest BCUT2D eigenvalue weighted by Crippen LogP contribution is 2.12. The number of carbonyl (C=O) groups is 1. The number of hydrogen-bond acceptors (Lipinski definition) is 5. The molecule has 0 aromatic carbocycles. The Bertz CT molecular complexity index is 426. The van der Waals surface area contributed by atoms with Crippen LogP contribution in [-0.4, -0.2) is 39.8 Å². The lowest BCUT2D eigenvalue weighted by atomic mass is 10.2. The fourth-order valence-corrected chi connectivity index (χ4v) is 1.71. The average Bonchev–Trinajstić information content (AvgIpc) is 2.70. The molecule has 0 saturated heterocycles. The van der Waals surface area contributed by atoms with Gasteiger partial charge in [0, 0.05) is 0 Å². The van der Waals surface area contributed by atoms with Crippen molar-refractivity contribution in [1.29, 1.82) is 0 Å². The molecular formula is C12H20ClN3O3. The molecule has 0 radical (unpaired) electrons. The Hall–Kier alpha value is -1.14. The van der Waals surface area contributed by atoms with Crippen molar-refractivity contribution < 1.29 is 14.3 Å². The predicted molar refractivity (Wildman–Crippen MR) is 71.2 cm³/mol. The second kappa shape index (κ2) is 6.86. The third-order valence-corrected chi connectivity index (χ3v) is 2.52. The van der Waals surface area contributed by atoms with Gasteiger partial charge in [-0.1, -0.05) is 5.21 Å². The fraction of sp³-hybridized carbons (Fsp3) is 0.750. The highest BCUT2D eigenvalue weighted by molar-refractivity contribution is 6.17. The predicted octanol–water partition coefficient (Wildman–Crippen LogP) is 2.01. The molecule has 0 bridgehead atoms. The van der Waals surface area contributed by atoms with Crippen molar-refractivity contribution in [3.8, 4) is 0 Å². The molecule has 19 heavy (non-hydrogen) atoms. The number of carbonyl (C=O) groups excluding carboxylic acids is 1. The molecule has 108 valence electrons. The SMILES string of the molecule is CCOC(=O)c1nnn(CCOC(C)(C)C)c1CCl. The molecule has 6 nitrogen and oxygen atoms in total. The van der Waals surface area contributed by atoms with Crippen molar-refractivity contribution in [3.63, 3.8) is 0 Å². The molecule has 0 amide bonds. The summed E-state index contributed by atoms with van der Waals surface area (Å²) in [5.74, 6) is -0.349. The molecule has 0 unspecified atom stereocenters. The highest BCUT2D eigenvalue weighted by atomic mass is 35.5. The number of rotatable bonds is 6. The third kappa shape index (κ3) is 4.80. The van der Waals surface area contributed by atoms with Gasteiger partial charge in [-0.15, -0.1) is 16.7 Å². The van der Waals surface area contributed by atoms with Crippen molar-refractivity contribution in [2.24, 2.45) is 0 Å². The van der Waals surface area contributed by atoms with Gasteiger partial charge in [-0.3, -0.25) is 0 Å².